The molecule has 0 spiro atoms. The van der Waals surface area contributed by atoms with Crippen LogP contribution in [0, 0.1) is 17.6 Å². The number of aromatic nitrogens is 2. The molecule has 2 aliphatic carbocycles. The fourth-order valence-electron chi connectivity index (χ4n) is 7.09. The van der Waals surface area contributed by atoms with Crippen LogP contribution >= 0.6 is 0 Å². The Kier molecular flexibility index (Phi) is 13.0. The second-order valence-electron chi connectivity index (χ2n) is 18.4. The zero-order valence-corrected chi connectivity index (χ0v) is 36.7. The second-order valence-corrected chi connectivity index (χ2v) is 28.8. The molecule has 304 valence electrons. The Balaban J connectivity index is 1.13. The highest BCUT2D eigenvalue weighted by molar-refractivity contribution is 6.76. The molecule has 0 radical (unpaired) electrons. The standard InChI is InChI=1S/C44H60F2N2O6Si2/c1-44(2,3)56(8,9)54-36-24-35(25-36)52-27-29-10-12-30(13-11-29)31-14-16-32(17-15-31)39-37(45)26-38-41(40(39)46)47-43(48(38)28-51-22-23-55(5,6)7)53-34-20-18-33(19-21-34)42(49)50-4/h10-17,26,33-36H,18-25,27-28H2,1-9H3/t33-,34-,35?,36?. The predicted octanol–water partition coefficient (Wildman–Crippen LogP) is 11.1. The van der Waals surface area contributed by atoms with E-state index in [1.54, 1.807) is 16.7 Å². The highest BCUT2D eigenvalue weighted by Crippen LogP contribution is 2.41. The molecule has 2 fully saturated rings. The number of imidazole rings is 1. The molecule has 3 aromatic carbocycles. The largest absolute Gasteiger partial charge is 0.469 e. The zero-order chi connectivity index (χ0) is 40.4. The summed E-state index contributed by atoms with van der Waals surface area (Å²) in [6.07, 6.45) is 4.67. The van der Waals surface area contributed by atoms with Crippen LogP contribution in [-0.4, -0.2) is 63.9 Å². The molecule has 6 rings (SSSR count). The van der Waals surface area contributed by atoms with Gasteiger partial charge in [-0.2, -0.15) is 4.98 Å². The number of rotatable bonds is 15. The molecule has 2 aliphatic rings. The Labute approximate surface area is 333 Å². The lowest BCUT2D eigenvalue weighted by atomic mass is 9.87. The second kappa shape index (κ2) is 17.2. The highest BCUT2D eigenvalue weighted by atomic mass is 28.4. The van der Waals surface area contributed by atoms with Gasteiger partial charge in [-0.1, -0.05) is 88.9 Å². The maximum absolute atomic E-state index is 16.4. The number of carbonyl (C=O) groups is 1. The van der Waals surface area contributed by atoms with Gasteiger partial charge in [-0.25, -0.2) is 8.78 Å². The SMILES string of the molecule is COC(=O)[C@H]1CC[C@H](Oc2nc3c(F)c(-c4ccc(-c5ccc(COC6CC(O[Si](C)(C)C(C)(C)C)C6)cc5)cc4)c(F)cc3n2COCC[Si](C)(C)C)CC1. The number of hydrogen-bond acceptors (Lipinski definition) is 7. The Morgan fingerprint density at radius 2 is 1.46 bits per heavy atom. The van der Waals surface area contributed by atoms with Crippen LogP contribution in [0.25, 0.3) is 33.3 Å². The summed E-state index contributed by atoms with van der Waals surface area (Å²) in [6, 6.07) is 17.9. The fraction of sp³-hybridized carbons (Fsp3) is 0.545. The van der Waals surface area contributed by atoms with E-state index in [-0.39, 0.29) is 58.5 Å². The number of halogens is 2. The van der Waals surface area contributed by atoms with E-state index < -0.39 is 28.0 Å². The third-order valence-corrected chi connectivity index (χ3v) is 18.1. The maximum atomic E-state index is 16.4. The molecule has 12 heteroatoms. The lowest BCUT2D eigenvalue weighted by molar-refractivity contribution is -0.147. The molecular weight excluding hydrogens is 747 g/mol. The number of fused-ring (bicyclic) bond motifs is 1. The highest BCUT2D eigenvalue weighted by Gasteiger charge is 2.42. The van der Waals surface area contributed by atoms with E-state index in [1.165, 1.54) is 13.2 Å². The Morgan fingerprint density at radius 1 is 0.857 bits per heavy atom. The number of ether oxygens (including phenoxy) is 4. The molecule has 0 aliphatic heterocycles. The summed E-state index contributed by atoms with van der Waals surface area (Å²) in [5, 5.41) is 0.200. The Morgan fingerprint density at radius 3 is 2.05 bits per heavy atom. The van der Waals surface area contributed by atoms with E-state index >= 15 is 8.78 Å². The summed E-state index contributed by atoms with van der Waals surface area (Å²) in [5.41, 5.74) is 3.59. The fourth-order valence-corrected chi connectivity index (χ4v) is 9.23. The van der Waals surface area contributed by atoms with E-state index in [0.29, 0.717) is 50.6 Å². The molecule has 0 saturated heterocycles. The molecule has 1 heterocycles. The van der Waals surface area contributed by atoms with Crippen molar-refractivity contribution in [1.29, 1.82) is 0 Å². The smallest absolute Gasteiger partial charge is 0.308 e. The normalized spacial score (nSPS) is 20.6. The summed E-state index contributed by atoms with van der Waals surface area (Å²) >= 11 is 0. The van der Waals surface area contributed by atoms with Gasteiger partial charge in [-0.05, 0) is 85.0 Å². The first-order valence-corrected chi connectivity index (χ1v) is 26.7. The van der Waals surface area contributed by atoms with E-state index in [9.17, 15) is 4.79 Å². The average Bonchev–Trinajstić information content (AvgIpc) is 3.47. The van der Waals surface area contributed by atoms with Gasteiger partial charge in [-0.15, -0.1) is 0 Å². The van der Waals surface area contributed by atoms with Gasteiger partial charge in [-0.3, -0.25) is 9.36 Å². The topological polar surface area (TPSA) is 81.0 Å². The van der Waals surface area contributed by atoms with Crippen LogP contribution in [0.15, 0.2) is 54.6 Å². The molecule has 1 aromatic heterocycles. The van der Waals surface area contributed by atoms with Crippen LogP contribution in [0.5, 0.6) is 6.01 Å². The first kappa shape index (κ1) is 42.2. The van der Waals surface area contributed by atoms with Gasteiger partial charge in [0.1, 0.15) is 24.2 Å². The van der Waals surface area contributed by atoms with Crippen LogP contribution in [0.1, 0.15) is 64.9 Å². The molecule has 0 amide bonds. The molecule has 0 N–H and O–H groups in total. The molecule has 8 nitrogen and oxygen atoms in total. The molecule has 2 saturated carbocycles. The maximum Gasteiger partial charge on any atom is 0.308 e. The molecule has 0 atom stereocenters. The lowest BCUT2D eigenvalue weighted by Crippen LogP contribution is -2.49. The van der Waals surface area contributed by atoms with Crippen molar-refractivity contribution in [2.45, 2.75) is 135 Å². The van der Waals surface area contributed by atoms with Crippen molar-refractivity contribution in [2.24, 2.45) is 5.92 Å². The minimum atomic E-state index is -1.77. The van der Waals surface area contributed by atoms with Crippen molar-refractivity contribution in [1.82, 2.24) is 9.55 Å². The number of esters is 1. The number of hydrogen-bond donors (Lipinski definition) is 0. The van der Waals surface area contributed by atoms with Gasteiger partial charge in [0.25, 0.3) is 6.01 Å². The average molecular weight is 807 g/mol. The van der Waals surface area contributed by atoms with Crippen LogP contribution in [-0.2, 0) is 36.8 Å². The molecule has 0 unspecified atom stereocenters. The lowest BCUT2D eigenvalue weighted by Gasteiger charge is -2.44. The predicted molar refractivity (Wildman–Crippen MR) is 223 cm³/mol. The van der Waals surface area contributed by atoms with Crippen LogP contribution in [0.4, 0.5) is 8.78 Å². The summed E-state index contributed by atoms with van der Waals surface area (Å²) < 4.78 is 64.0. The monoisotopic (exact) mass is 806 g/mol. The van der Waals surface area contributed by atoms with Gasteiger partial charge in [0, 0.05) is 26.9 Å². The summed E-state index contributed by atoms with van der Waals surface area (Å²) in [5.74, 6) is -1.82. The van der Waals surface area contributed by atoms with Crippen molar-refractivity contribution in [3.63, 3.8) is 0 Å². The first-order valence-electron chi connectivity index (χ1n) is 20.1. The van der Waals surface area contributed by atoms with E-state index in [0.717, 1.165) is 35.6 Å². The molecular formula is C44H60F2N2O6Si2. The third kappa shape index (κ3) is 9.98. The molecule has 56 heavy (non-hydrogen) atoms. The number of benzene rings is 3. The third-order valence-electron chi connectivity index (χ3n) is 11.9. The van der Waals surface area contributed by atoms with Crippen molar-refractivity contribution >= 4 is 33.4 Å². The van der Waals surface area contributed by atoms with Gasteiger partial charge in [0.05, 0.1) is 36.8 Å². The zero-order valence-electron chi connectivity index (χ0n) is 34.7. The van der Waals surface area contributed by atoms with Crippen molar-refractivity contribution in [3.8, 4) is 28.3 Å². The quantitative estimate of drug-likeness (QED) is 0.0672. The van der Waals surface area contributed by atoms with Gasteiger partial charge >= 0.3 is 5.97 Å². The molecule has 0 bridgehead atoms. The molecule has 4 aromatic rings. The van der Waals surface area contributed by atoms with Gasteiger partial charge < -0.3 is 23.4 Å². The minimum absolute atomic E-state index is 0.0240. The van der Waals surface area contributed by atoms with E-state index in [1.807, 2.05) is 24.3 Å². The Bertz CT molecular complexity index is 1960. The van der Waals surface area contributed by atoms with Crippen LogP contribution in [0.3, 0.4) is 0 Å². The first-order chi connectivity index (χ1) is 26.4. The van der Waals surface area contributed by atoms with Crippen molar-refractivity contribution < 1.29 is 36.9 Å². The van der Waals surface area contributed by atoms with Crippen molar-refractivity contribution in [2.75, 3.05) is 13.7 Å². The van der Waals surface area contributed by atoms with Crippen LogP contribution < -0.4 is 4.74 Å². The Hall–Kier alpha value is -3.43. The summed E-state index contributed by atoms with van der Waals surface area (Å²) in [7, 11) is -1.73. The summed E-state index contributed by atoms with van der Waals surface area (Å²) in [6.45, 7) is 19.3. The number of methoxy groups -OCH3 is 1. The van der Waals surface area contributed by atoms with E-state index in [2.05, 4.69) is 70.6 Å². The minimum Gasteiger partial charge on any atom is -0.469 e. The van der Waals surface area contributed by atoms with Crippen LogP contribution in [0.2, 0.25) is 43.8 Å². The van der Waals surface area contributed by atoms with Gasteiger partial charge in [0.2, 0.25) is 0 Å². The van der Waals surface area contributed by atoms with E-state index in [4.69, 9.17) is 23.4 Å². The number of carbonyl (C=O) groups excluding carboxylic acids is 1. The van der Waals surface area contributed by atoms with Crippen molar-refractivity contribution in [3.05, 3.63) is 71.8 Å². The number of nitrogens with zero attached hydrogens (tertiary/aromatic N) is 2. The van der Waals surface area contributed by atoms with Gasteiger partial charge in [0.15, 0.2) is 14.1 Å². The summed E-state index contributed by atoms with van der Waals surface area (Å²) in [4.78, 5) is 16.7.